The fraction of sp³-hybridized carbons (Fsp3) is 1.00. The van der Waals surface area contributed by atoms with Crippen molar-refractivity contribution in [2.24, 2.45) is 0 Å². The van der Waals surface area contributed by atoms with Crippen molar-refractivity contribution in [2.75, 3.05) is 0 Å². The lowest BCUT2D eigenvalue weighted by atomic mass is 11.5. The van der Waals surface area contributed by atoms with E-state index in [9.17, 15) is 17.6 Å². The van der Waals surface area contributed by atoms with Crippen molar-refractivity contribution in [3.63, 3.8) is 0 Å². The number of halogens is 4. The lowest BCUT2D eigenvalue weighted by Gasteiger charge is -1.82. The highest BCUT2D eigenvalue weighted by molar-refractivity contribution is 4.08. The smallest absolute Gasteiger partial charge is 0.344 e. The van der Waals surface area contributed by atoms with Crippen LogP contribution in [0.2, 0.25) is 0 Å². The molecule has 0 bridgehead atoms. The molecule has 0 radical (unpaired) electrons. The largest absolute Gasteiger partial charge is 0.559 e. The maximum atomic E-state index is 9.69. The fourth-order valence-corrected chi connectivity index (χ4v) is 0. The summed E-state index contributed by atoms with van der Waals surface area (Å²) < 4.78 is 38.8. The zero-order valence-corrected chi connectivity index (χ0v) is 3.43. The predicted molar refractivity (Wildman–Crippen MR) is 17.2 cm³/mol. The van der Waals surface area contributed by atoms with Crippen LogP contribution in [-0.4, -0.2) is 6.43 Å². The maximum Gasteiger partial charge on any atom is 0.559 e. The van der Waals surface area contributed by atoms with Gasteiger partial charge in [-0.05, 0) is 0 Å². The fourth-order valence-electron chi connectivity index (χ4n) is 0. The van der Waals surface area contributed by atoms with E-state index < -0.39 is 6.43 Å². The molecule has 0 saturated carbocycles. The second kappa shape index (κ2) is 3.82. The van der Waals surface area contributed by atoms with Gasteiger partial charge in [-0.3, -0.25) is 0 Å². The van der Waals surface area contributed by atoms with E-state index in [-0.39, 0.29) is 12.3 Å². The van der Waals surface area contributed by atoms with Crippen molar-refractivity contribution in [1.29, 1.82) is 0 Å². The molecule has 0 saturated heterocycles. The molecule has 0 heterocycles. The molecule has 0 aliphatic heterocycles. The van der Waals surface area contributed by atoms with Gasteiger partial charge in [-0.25, -0.2) is 0 Å². The first-order chi connectivity index (χ1) is 2.00. The van der Waals surface area contributed by atoms with Crippen LogP contribution in [0.4, 0.5) is 17.6 Å². The molecule has 6 N–H and O–H groups in total. The maximum absolute atomic E-state index is 9.69. The second-order valence-corrected chi connectivity index (χ2v) is 0.429. The van der Waals surface area contributed by atoms with Crippen LogP contribution in [-0.2, 0) is 0 Å². The molecule has 0 aromatic rings. The van der Waals surface area contributed by atoms with Gasteiger partial charge < -0.3 is 12.3 Å². The molecule has 0 fully saturated rings. The Hall–Kier alpha value is -0.360. The zero-order valence-electron chi connectivity index (χ0n) is 3.43. The lowest BCUT2D eigenvalue weighted by Crippen LogP contribution is -1.92. The highest BCUT2D eigenvalue weighted by atomic mass is 19.5. The van der Waals surface area contributed by atoms with Crippen LogP contribution >= 0.6 is 0 Å². The standard InChI is InChI=1S/CF4.2H3N/c2-1(3,4)5;;/h;2*1H3. The van der Waals surface area contributed by atoms with Crippen LogP contribution in [0.25, 0.3) is 0 Å². The van der Waals surface area contributed by atoms with E-state index >= 15 is 0 Å². The molecule has 0 rings (SSSR count). The van der Waals surface area contributed by atoms with Crippen molar-refractivity contribution in [1.82, 2.24) is 12.3 Å². The van der Waals surface area contributed by atoms with E-state index in [1.54, 1.807) is 0 Å². The molecule has 0 aliphatic rings. The molecule has 0 amide bonds. The molecular formula is CH6F4N2. The molecular weight excluding hydrogens is 116 g/mol. The first kappa shape index (κ1) is 15.9. The molecule has 0 atom stereocenters. The van der Waals surface area contributed by atoms with E-state index in [1.165, 1.54) is 0 Å². The van der Waals surface area contributed by atoms with Crippen LogP contribution in [0.5, 0.6) is 0 Å². The van der Waals surface area contributed by atoms with Gasteiger partial charge in [0.2, 0.25) is 0 Å². The summed E-state index contributed by atoms with van der Waals surface area (Å²) in [6.45, 7) is 0. The van der Waals surface area contributed by atoms with Gasteiger partial charge in [0.05, 0.1) is 0 Å². The van der Waals surface area contributed by atoms with Gasteiger partial charge in [-0.15, -0.1) is 17.6 Å². The first-order valence-electron chi connectivity index (χ1n) is 0.756. The third-order valence-corrected chi connectivity index (χ3v) is 0. The highest BCUT2D eigenvalue weighted by Crippen LogP contribution is 2.13. The molecule has 0 aliphatic carbocycles. The summed E-state index contributed by atoms with van der Waals surface area (Å²) in [4.78, 5) is 0. The van der Waals surface area contributed by atoms with Gasteiger partial charge >= 0.3 is 6.43 Å². The molecule has 7 heavy (non-hydrogen) atoms. The van der Waals surface area contributed by atoms with E-state index in [0.29, 0.717) is 0 Å². The number of hydrogen-bond acceptors (Lipinski definition) is 2. The second-order valence-electron chi connectivity index (χ2n) is 0.429. The van der Waals surface area contributed by atoms with Crippen LogP contribution in [0.15, 0.2) is 0 Å². The summed E-state index contributed by atoms with van der Waals surface area (Å²) in [7, 11) is 0. The van der Waals surface area contributed by atoms with Crippen molar-refractivity contribution in [3.05, 3.63) is 0 Å². The van der Waals surface area contributed by atoms with Gasteiger partial charge in [0.25, 0.3) is 0 Å². The normalized spacial score (nSPS) is 8.57. The Labute approximate surface area is 37.7 Å². The minimum Gasteiger partial charge on any atom is -0.344 e. The molecule has 0 aromatic carbocycles. The van der Waals surface area contributed by atoms with Crippen molar-refractivity contribution >= 4 is 0 Å². The minimum atomic E-state index is -5.50. The summed E-state index contributed by atoms with van der Waals surface area (Å²) in [6.07, 6.45) is -5.50. The monoisotopic (exact) mass is 122 g/mol. The SMILES string of the molecule is FC(F)(F)F.N.N. The predicted octanol–water partition coefficient (Wildman–Crippen LogP) is 1.80. The van der Waals surface area contributed by atoms with Crippen LogP contribution < -0.4 is 12.3 Å². The Morgan fingerprint density at radius 2 is 0.714 bits per heavy atom. The molecule has 0 spiro atoms. The average molecular weight is 122 g/mol. The third kappa shape index (κ3) is 577. The Kier molecular flexibility index (Phi) is 8.69. The Bertz CT molecular complexity index is 25.2. The Morgan fingerprint density at radius 3 is 0.714 bits per heavy atom. The van der Waals surface area contributed by atoms with Gasteiger partial charge in [0.1, 0.15) is 0 Å². The minimum absolute atomic E-state index is 0. The van der Waals surface area contributed by atoms with E-state index in [1.807, 2.05) is 0 Å². The first-order valence-corrected chi connectivity index (χ1v) is 0.756. The van der Waals surface area contributed by atoms with Crippen molar-refractivity contribution < 1.29 is 17.6 Å². The average Bonchev–Trinajstić information content (AvgIpc) is 0.722. The summed E-state index contributed by atoms with van der Waals surface area (Å²) in [5.74, 6) is 0. The molecule has 0 aromatic heterocycles. The summed E-state index contributed by atoms with van der Waals surface area (Å²) in [5.41, 5.74) is 0. The lowest BCUT2D eigenvalue weighted by molar-refractivity contribution is -0.237. The number of alkyl halides is 4. The molecule has 2 nitrogen and oxygen atoms in total. The van der Waals surface area contributed by atoms with Crippen molar-refractivity contribution in [3.8, 4) is 0 Å². The highest BCUT2D eigenvalue weighted by Gasteiger charge is 2.24. The summed E-state index contributed by atoms with van der Waals surface area (Å²) >= 11 is 0. The molecule has 0 unspecified atom stereocenters. The van der Waals surface area contributed by atoms with Gasteiger partial charge in [0.15, 0.2) is 0 Å². The van der Waals surface area contributed by atoms with Crippen LogP contribution in [0.1, 0.15) is 0 Å². The number of hydrogen-bond donors (Lipinski definition) is 2. The van der Waals surface area contributed by atoms with Gasteiger partial charge in [0, 0.05) is 0 Å². The summed E-state index contributed by atoms with van der Waals surface area (Å²) in [6, 6.07) is 0. The topological polar surface area (TPSA) is 70.0 Å². The Morgan fingerprint density at radius 1 is 0.714 bits per heavy atom. The van der Waals surface area contributed by atoms with Crippen molar-refractivity contribution in [2.45, 2.75) is 6.43 Å². The third-order valence-electron chi connectivity index (χ3n) is 0. The van der Waals surface area contributed by atoms with Gasteiger partial charge in [-0.1, -0.05) is 0 Å². The van der Waals surface area contributed by atoms with E-state index in [4.69, 9.17) is 0 Å². The molecule has 6 heteroatoms. The van der Waals surface area contributed by atoms with Crippen LogP contribution in [0, 0.1) is 0 Å². The Balaban J connectivity index is -0.0000000800. The quantitative estimate of drug-likeness (QED) is 0.481. The molecule has 48 valence electrons. The summed E-state index contributed by atoms with van der Waals surface area (Å²) in [5, 5.41) is 0. The van der Waals surface area contributed by atoms with Crippen LogP contribution in [0.3, 0.4) is 0 Å². The van der Waals surface area contributed by atoms with E-state index in [2.05, 4.69) is 0 Å². The number of rotatable bonds is 0. The zero-order chi connectivity index (χ0) is 4.50. The van der Waals surface area contributed by atoms with E-state index in [0.717, 1.165) is 0 Å². The van der Waals surface area contributed by atoms with Gasteiger partial charge in [-0.2, -0.15) is 0 Å².